The average molecular weight is 340 g/mol. The number of nitrogens with zero attached hydrogens (tertiary/aromatic N) is 2. The first kappa shape index (κ1) is 15.1. The zero-order valence-electron chi connectivity index (χ0n) is 13.5. The molecule has 0 aliphatic heterocycles. The number of thiazole rings is 1. The highest BCUT2D eigenvalue weighted by molar-refractivity contribution is 7.18. The fourth-order valence-corrected chi connectivity index (χ4v) is 3.95. The van der Waals surface area contributed by atoms with Crippen molar-refractivity contribution >= 4 is 32.7 Å². The molecule has 2 atom stereocenters. The second kappa shape index (κ2) is 5.89. The molecule has 0 radical (unpaired) electrons. The van der Waals surface area contributed by atoms with E-state index in [1.165, 1.54) is 9.60 Å². The minimum atomic E-state index is -0.313. The zero-order chi connectivity index (χ0) is 16.7. The van der Waals surface area contributed by atoms with Crippen molar-refractivity contribution in [2.75, 3.05) is 7.05 Å². The molecular weight excluding hydrogens is 322 g/mol. The minimum Gasteiger partial charge on any atom is -0.408 e. The molecule has 4 rings (SSSR count). The Morgan fingerprint density at radius 3 is 2.79 bits per heavy atom. The van der Waals surface area contributed by atoms with Crippen molar-refractivity contribution in [3.63, 3.8) is 0 Å². The SMILES string of the molecule is C[C@H](c1nc2ccccc2s1)[NH+](C)Cn1c(=O)oc2ccccc21. The van der Waals surface area contributed by atoms with Gasteiger partial charge in [0.05, 0.1) is 22.8 Å². The van der Waals surface area contributed by atoms with Gasteiger partial charge in [-0.2, -0.15) is 0 Å². The summed E-state index contributed by atoms with van der Waals surface area (Å²) in [5, 5.41) is 1.08. The third-order valence-corrected chi connectivity index (χ3v) is 5.62. The van der Waals surface area contributed by atoms with Crippen LogP contribution in [0.4, 0.5) is 0 Å². The number of aromatic nitrogens is 2. The highest BCUT2D eigenvalue weighted by Crippen LogP contribution is 2.24. The summed E-state index contributed by atoms with van der Waals surface area (Å²) in [6.45, 7) is 2.67. The van der Waals surface area contributed by atoms with E-state index in [1.807, 2.05) is 42.5 Å². The minimum absolute atomic E-state index is 0.183. The lowest BCUT2D eigenvalue weighted by Crippen LogP contribution is -3.08. The summed E-state index contributed by atoms with van der Waals surface area (Å²) in [6.07, 6.45) is 0. The maximum Gasteiger partial charge on any atom is 0.424 e. The maximum atomic E-state index is 12.1. The van der Waals surface area contributed by atoms with Gasteiger partial charge in [0, 0.05) is 0 Å². The molecule has 24 heavy (non-hydrogen) atoms. The molecule has 0 aliphatic carbocycles. The van der Waals surface area contributed by atoms with E-state index in [9.17, 15) is 4.79 Å². The Morgan fingerprint density at radius 1 is 1.21 bits per heavy atom. The number of hydrogen-bond donors (Lipinski definition) is 1. The summed E-state index contributed by atoms with van der Waals surface area (Å²) in [4.78, 5) is 18.1. The maximum absolute atomic E-state index is 12.1. The summed E-state index contributed by atoms with van der Waals surface area (Å²) >= 11 is 1.71. The first-order chi connectivity index (χ1) is 11.6. The second-order valence-electron chi connectivity index (χ2n) is 6.01. The number of fused-ring (bicyclic) bond motifs is 2. The van der Waals surface area contributed by atoms with Crippen LogP contribution in [0.5, 0.6) is 0 Å². The van der Waals surface area contributed by atoms with E-state index in [-0.39, 0.29) is 11.8 Å². The molecule has 2 aromatic heterocycles. The molecule has 0 spiro atoms. The molecule has 0 fully saturated rings. The highest BCUT2D eigenvalue weighted by Gasteiger charge is 2.22. The standard InChI is InChI=1S/C18H17N3O2S/c1-12(17-19-13-7-3-6-10-16(13)24-17)20(2)11-21-14-8-4-5-9-15(14)23-18(21)22/h3-10,12H,11H2,1-2H3/p+1/t12-/m1/s1. The van der Waals surface area contributed by atoms with Crippen LogP contribution >= 0.6 is 11.3 Å². The summed E-state index contributed by atoms with van der Waals surface area (Å²) in [5.74, 6) is -0.313. The number of rotatable bonds is 4. The topological polar surface area (TPSA) is 52.5 Å². The molecule has 122 valence electrons. The van der Waals surface area contributed by atoms with Crippen molar-refractivity contribution in [3.05, 3.63) is 64.1 Å². The smallest absolute Gasteiger partial charge is 0.408 e. The van der Waals surface area contributed by atoms with Crippen LogP contribution in [0.15, 0.2) is 57.7 Å². The van der Waals surface area contributed by atoms with E-state index < -0.39 is 0 Å². The molecule has 1 N–H and O–H groups in total. The van der Waals surface area contributed by atoms with Crippen molar-refractivity contribution in [1.82, 2.24) is 9.55 Å². The number of para-hydroxylation sites is 3. The number of benzene rings is 2. The number of hydrogen-bond acceptors (Lipinski definition) is 4. The fourth-order valence-electron chi connectivity index (χ4n) is 2.84. The molecule has 0 saturated heterocycles. The molecule has 2 heterocycles. The molecule has 1 unspecified atom stereocenters. The summed E-state index contributed by atoms with van der Waals surface area (Å²) in [7, 11) is 2.07. The van der Waals surface area contributed by atoms with Gasteiger partial charge < -0.3 is 9.32 Å². The number of nitrogens with one attached hydrogen (secondary N) is 1. The van der Waals surface area contributed by atoms with Crippen LogP contribution in [0.3, 0.4) is 0 Å². The van der Waals surface area contributed by atoms with Gasteiger partial charge in [0.2, 0.25) is 0 Å². The molecule has 0 amide bonds. The Bertz CT molecular complexity index is 1030. The van der Waals surface area contributed by atoms with Crippen molar-refractivity contribution in [2.24, 2.45) is 0 Å². The van der Waals surface area contributed by atoms with E-state index in [1.54, 1.807) is 15.9 Å². The molecule has 0 aliphatic rings. The average Bonchev–Trinajstić information content (AvgIpc) is 3.15. The Kier molecular flexibility index (Phi) is 3.70. The predicted molar refractivity (Wildman–Crippen MR) is 95.4 cm³/mol. The molecule has 4 aromatic rings. The molecule has 6 heteroatoms. The van der Waals surface area contributed by atoms with Crippen molar-refractivity contribution in [1.29, 1.82) is 0 Å². The van der Waals surface area contributed by atoms with Crippen molar-refractivity contribution in [3.8, 4) is 0 Å². The Morgan fingerprint density at radius 2 is 1.96 bits per heavy atom. The molecular formula is C18H18N3O2S+. The van der Waals surface area contributed by atoms with Gasteiger partial charge in [0.1, 0.15) is 6.04 Å². The van der Waals surface area contributed by atoms with Gasteiger partial charge in [-0.25, -0.2) is 14.3 Å². The van der Waals surface area contributed by atoms with Crippen LogP contribution in [0.1, 0.15) is 18.0 Å². The Hall–Kier alpha value is -2.44. The van der Waals surface area contributed by atoms with Gasteiger partial charge in [0.25, 0.3) is 0 Å². The summed E-state index contributed by atoms with van der Waals surface area (Å²) in [5.41, 5.74) is 2.49. The summed E-state index contributed by atoms with van der Waals surface area (Å²) < 4.78 is 8.20. The van der Waals surface area contributed by atoms with Gasteiger partial charge >= 0.3 is 5.76 Å². The van der Waals surface area contributed by atoms with Crippen LogP contribution in [-0.4, -0.2) is 16.6 Å². The predicted octanol–water partition coefficient (Wildman–Crippen LogP) is 2.44. The van der Waals surface area contributed by atoms with E-state index >= 15 is 0 Å². The second-order valence-corrected chi connectivity index (χ2v) is 7.07. The van der Waals surface area contributed by atoms with Crippen molar-refractivity contribution in [2.45, 2.75) is 19.6 Å². The van der Waals surface area contributed by atoms with Crippen LogP contribution in [0.2, 0.25) is 0 Å². The Balaban J connectivity index is 1.64. The Labute approximate surface area is 142 Å². The largest absolute Gasteiger partial charge is 0.424 e. The lowest BCUT2D eigenvalue weighted by atomic mass is 10.3. The van der Waals surface area contributed by atoms with E-state index in [4.69, 9.17) is 9.40 Å². The van der Waals surface area contributed by atoms with Crippen LogP contribution in [-0.2, 0) is 6.67 Å². The van der Waals surface area contributed by atoms with Crippen LogP contribution < -0.4 is 10.7 Å². The zero-order valence-corrected chi connectivity index (χ0v) is 14.3. The fraction of sp³-hybridized carbons (Fsp3) is 0.222. The molecule has 5 nitrogen and oxygen atoms in total. The van der Waals surface area contributed by atoms with Crippen molar-refractivity contribution < 1.29 is 9.32 Å². The first-order valence-electron chi connectivity index (χ1n) is 7.89. The lowest BCUT2D eigenvalue weighted by molar-refractivity contribution is -0.932. The third kappa shape index (κ3) is 2.53. The van der Waals surface area contributed by atoms with Gasteiger partial charge in [-0.3, -0.25) is 0 Å². The first-order valence-corrected chi connectivity index (χ1v) is 8.71. The van der Waals surface area contributed by atoms with Gasteiger partial charge in [0.15, 0.2) is 17.3 Å². The van der Waals surface area contributed by atoms with E-state index in [0.29, 0.717) is 12.3 Å². The van der Waals surface area contributed by atoms with Gasteiger partial charge in [-0.15, -0.1) is 11.3 Å². The molecule has 0 bridgehead atoms. The lowest BCUT2D eigenvalue weighted by Gasteiger charge is -2.19. The summed E-state index contributed by atoms with van der Waals surface area (Å²) in [6, 6.07) is 15.9. The number of quaternary nitrogens is 1. The normalized spacial score (nSPS) is 14.2. The van der Waals surface area contributed by atoms with Gasteiger partial charge in [-0.1, -0.05) is 24.3 Å². The van der Waals surface area contributed by atoms with Crippen LogP contribution in [0, 0.1) is 0 Å². The van der Waals surface area contributed by atoms with Crippen LogP contribution in [0.25, 0.3) is 21.3 Å². The van der Waals surface area contributed by atoms with Gasteiger partial charge in [-0.05, 0) is 31.2 Å². The van der Waals surface area contributed by atoms with E-state index in [0.717, 1.165) is 16.0 Å². The van der Waals surface area contributed by atoms with E-state index in [2.05, 4.69) is 20.0 Å². The molecule has 2 aromatic carbocycles. The number of oxazole rings is 1. The third-order valence-electron chi connectivity index (χ3n) is 4.40. The monoisotopic (exact) mass is 340 g/mol. The highest BCUT2D eigenvalue weighted by atomic mass is 32.1. The molecule has 0 saturated carbocycles. The quantitative estimate of drug-likeness (QED) is 0.621.